The fraction of sp³-hybridized carbons (Fsp3) is 0. The molecule has 0 fully saturated rings. The van der Waals surface area contributed by atoms with E-state index in [9.17, 15) is 10.1 Å². The molecule has 0 amide bonds. The summed E-state index contributed by atoms with van der Waals surface area (Å²) in [5, 5.41) is 11.9. The van der Waals surface area contributed by atoms with Crippen molar-refractivity contribution in [2.45, 2.75) is 0 Å². The van der Waals surface area contributed by atoms with Gasteiger partial charge in [-0.3, -0.25) is 15.1 Å². The standard InChI is InChI=1S/C19H12N2O4/c22-21(23)15-3-1-2-13(10-15)18-12-17(11-14-6-9-24-19(14)18)25-16-4-7-20-8-5-16/h1-12H. The molecule has 2 aromatic heterocycles. The van der Waals surface area contributed by atoms with Crippen LogP contribution in [0.5, 0.6) is 11.5 Å². The third-order valence-corrected chi connectivity index (χ3v) is 3.78. The van der Waals surface area contributed by atoms with E-state index in [2.05, 4.69) is 4.98 Å². The van der Waals surface area contributed by atoms with Crippen molar-refractivity contribution in [2.75, 3.05) is 0 Å². The highest BCUT2D eigenvalue weighted by atomic mass is 16.6. The van der Waals surface area contributed by atoms with Crippen molar-refractivity contribution >= 4 is 16.7 Å². The number of aromatic nitrogens is 1. The van der Waals surface area contributed by atoms with Crippen molar-refractivity contribution in [1.82, 2.24) is 4.98 Å². The van der Waals surface area contributed by atoms with E-state index in [0.717, 1.165) is 10.9 Å². The van der Waals surface area contributed by atoms with Crippen LogP contribution in [-0.2, 0) is 0 Å². The quantitative estimate of drug-likeness (QED) is 0.379. The zero-order chi connectivity index (χ0) is 17.2. The summed E-state index contributed by atoms with van der Waals surface area (Å²) in [5.74, 6) is 1.27. The maximum atomic E-state index is 11.1. The van der Waals surface area contributed by atoms with Crippen molar-refractivity contribution in [3.8, 4) is 22.6 Å². The number of benzene rings is 2. The Morgan fingerprint density at radius 3 is 2.64 bits per heavy atom. The Labute approximate surface area is 142 Å². The van der Waals surface area contributed by atoms with Crippen molar-refractivity contribution in [3.63, 3.8) is 0 Å². The van der Waals surface area contributed by atoms with Crippen LogP contribution in [0.4, 0.5) is 5.69 Å². The van der Waals surface area contributed by atoms with Gasteiger partial charge in [0.05, 0.1) is 11.2 Å². The largest absolute Gasteiger partial charge is 0.464 e. The molecule has 2 heterocycles. The van der Waals surface area contributed by atoms with Gasteiger partial charge in [-0.2, -0.15) is 0 Å². The van der Waals surface area contributed by atoms with Crippen molar-refractivity contribution in [1.29, 1.82) is 0 Å². The molecular formula is C19H12N2O4. The van der Waals surface area contributed by atoms with Crippen LogP contribution < -0.4 is 4.74 Å². The van der Waals surface area contributed by atoms with Crippen molar-refractivity contribution in [3.05, 3.63) is 83.4 Å². The van der Waals surface area contributed by atoms with Crippen molar-refractivity contribution < 1.29 is 14.1 Å². The van der Waals surface area contributed by atoms with Gasteiger partial charge in [0.25, 0.3) is 5.69 Å². The molecule has 0 atom stereocenters. The molecule has 0 aliphatic heterocycles. The predicted molar refractivity (Wildman–Crippen MR) is 92.6 cm³/mol. The summed E-state index contributed by atoms with van der Waals surface area (Å²) in [5.41, 5.74) is 2.10. The first-order valence-corrected chi connectivity index (χ1v) is 7.55. The highest BCUT2D eigenvalue weighted by Gasteiger charge is 2.14. The molecule has 2 aromatic carbocycles. The highest BCUT2D eigenvalue weighted by molar-refractivity contribution is 5.94. The van der Waals surface area contributed by atoms with Gasteiger partial charge in [-0.05, 0) is 35.9 Å². The van der Waals surface area contributed by atoms with E-state index < -0.39 is 4.92 Å². The van der Waals surface area contributed by atoms with E-state index in [0.29, 0.717) is 22.6 Å². The van der Waals surface area contributed by atoms with E-state index in [1.54, 1.807) is 42.9 Å². The second-order valence-corrected chi connectivity index (χ2v) is 5.40. The first kappa shape index (κ1) is 14.9. The third-order valence-electron chi connectivity index (χ3n) is 3.78. The fourth-order valence-corrected chi connectivity index (χ4v) is 2.66. The average molecular weight is 332 g/mol. The number of hydrogen-bond acceptors (Lipinski definition) is 5. The molecule has 6 nitrogen and oxygen atoms in total. The minimum Gasteiger partial charge on any atom is -0.464 e. The highest BCUT2D eigenvalue weighted by Crippen LogP contribution is 2.36. The van der Waals surface area contributed by atoms with Crippen molar-refractivity contribution in [2.24, 2.45) is 0 Å². The van der Waals surface area contributed by atoms with Crippen LogP contribution in [0.3, 0.4) is 0 Å². The molecule has 0 saturated heterocycles. The molecule has 0 bridgehead atoms. The summed E-state index contributed by atoms with van der Waals surface area (Å²) in [6.07, 6.45) is 4.88. The zero-order valence-electron chi connectivity index (χ0n) is 13.0. The maximum absolute atomic E-state index is 11.1. The number of hydrogen-bond donors (Lipinski definition) is 0. The minimum atomic E-state index is -0.417. The Kier molecular flexibility index (Phi) is 3.63. The number of pyridine rings is 1. The van der Waals surface area contributed by atoms with Crippen LogP contribution in [0.25, 0.3) is 22.1 Å². The normalized spacial score (nSPS) is 10.7. The summed E-state index contributed by atoms with van der Waals surface area (Å²) in [7, 11) is 0. The number of ether oxygens (including phenoxy) is 1. The number of non-ortho nitro benzene ring substituents is 1. The molecule has 0 unspecified atom stereocenters. The molecule has 4 aromatic rings. The lowest BCUT2D eigenvalue weighted by Crippen LogP contribution is -1.89. The molecule has 25 heavy (non-hydrogen) atoms. The third kappa shape index (κ3) is 2.92. The van der Waals surface area contributed by atoms with Crippen LogP contribution in [0, 0.1) is 10.1 Å². The number of nitro groups is 1. The molecule has 0 aliphatic rings. The van der Waals surface area contributed by atoms with Crippen LogP contribution in [-0.4, -0.2) is 9.91 Å². The van der Waals surface area contributed by atoms with Crippen LogP contribution >= 0.6 is 0 Å². The van der Waals surface area contributed by atoms with Crippen LogP contribution in [0.15, 0.2) is 77.7 Å². The van der Waals surface area contributed by atoms with E-state index in [-0.39, 0.29) is 5.69 Å². The van der Waals surface area contributed by atoms with E-state index in [4.69, 9.17) is 9.15 Å². The van der Waals surface area contributed by atoms with Crippen LogP contribution in [0.1, 0.15) is 0 Å². The lowest BCUT2D eigenvalue weighted by Gasteiger charge is -2.09. The summed E-state index contributed by atoms with van der Waals surface area (Å²) < 4.78 is 11.5. The van der Waals surface area contributed by atoms with Crippen LogP contribution in [0.2, 0.25) is 0 Å². The van der Waals surface area contributed by atoms with Gasteiger partial charge in [0.15, 0.2) is 0 Å². The fourth-order valence-electron chi connectivity index (χ4n) is 2.66. The number of fused-ring (bicyclic) bond motifs is 1. The molecule has 4 rings (SSSR count). The van der Waals surface area contributed by atoms with Gasteiger partial charge in [0.2, 0.25) is 0 Å². The number of nitro benzene ring substituents is 1. The summed E-state index contributed by atoms with van der Waals surface area (Å²) in [4.78, 5) is 14.6. The number of rotatable bonds is 4. The Balaban J connectivity index is 1.84. The second-order valence-electron chi connectivity index (χ2n) is 5.40. The predicted octanol–water partition coefficient (Wildman–Crippen LogP) is 5.20. The molecule has 0 saturated carbocycles. The molecule has 0 aliphatic carbocycles. The topological polar surface area (TPSA) is 78.4 Å². The Bertz CT molecular complexity index is 1060. The van der Waals surface area contributed by atoms with Gasteiger partial charge in [0, 0.05) is 35.5 Å². The van der Waals surface area contributed by atoms with Gasteiger partial charge < -0.3 is 9.15 Å². The lowest BCUT2D eigenvalue weighted by atomic mass is 10.0. The molecule has 0 N–H and O–H groups in total. The smallest absolute Gasteiger partial charge is 0.270 e. The maximum Gasteiger partial charge on any atom is 0.270 e. The van der Waals surface area contributed by atoms with Gasteiger partial charge in [-0.1, -0.05) is 12.1 Å². The average Bonchev–Trinajstić information content (AvgIpc) is 3.10. The molecule has 0 spiro atoms. The van der Waals surface area contributed by atoms with E-state index in [1.807, 2.05) is 18.2 Å². The Hall–Kier alpha value is -3.67. The molecule has 0 radical (unpaired) electrons. The lowest BCUT2D eigenvalue weighted by molar-refractivity contribution is -0.384. The molecule has 6 heteroatoms. The number of nitrogens with zero attached hydrogens (tertiary/aromatic N) is 2. The summed E-state index contributed by atoms with van der Waals surface area (Å²) in [6.45, 7) is 0. The van der Waals surface area contributed by atoms with E-state index >= 15 is 0 Å². The molecular weight excluding hydrogens is 320 g/mol. The van der Waals surface area contributed by atoms with E-state index in [1.165, 1.54) is 12.1 Å². The first-order valence-electron chi connectivity index (χ1n) is 7.55. The Morgan fingerprint density at radius 1 is 1.00 bits per heavy atom. The summed E-state index contributed by atoms with van der Waals surface area (Å²) >= 11 is 0. The Morgan fingerprint density at radius 2 is 1.84 bits per heavy atom. The van der Waals surface area contributed by atoms with Gasteiger partial charge >= 0.3 is 0 Å². The van der Waals surface area contributed by atoms with Gasteiger partial charge in [-0.15, -0.1) is 0 Å². The second kappa shape index (κ2) is 6.09. The zero-order valence-corrected chi connectivity index (χ0v) is 13.0. The first-order chi connectivity index (χ1) is 12.2. The molecule has 122 valence electrons. The number of furan rings is 1. The van der Waals surface area contributed by atoms with Gasteiger partial charge in [0.1, 0.15) is 17.1 Å². The monoisotopic (exact) mass is 332 g/mol. The summed E-state index contributed by atoms with van der Waals surface area (Å²) in [6, 6.07) is 15.5. The van der Waals surface area contributed by atoms with Gasteiger partial charge in [-0.25, -0.2) is 0 Å². The minimum absolute atomic E-state index is 0.0256. The SMILES string of the molecule is O=[N+]([O-])c1cccc(-c2cc(Oc3ccncc3)cc3ccoc23)c1.